The van der Waals surface area contributed by atoms with Gasteiger partial charge < -0.3 is 15.0 Å². The highest BCUT2D eigenvalue weighted by Crippen LogP contribution is 2.29. The molecule has 7 nitrogen and oxygen atoms in total. The van der Waals surface area contributed by atoms with E-state index in [1.165, 1.54) is 6.20 Å². The molecule has 3 N–H and O–H groups in total. The smallest absolute Gasteiger partial charge is 0.323 e. The van der Waals surface area contributed by atoms with Crippen molar-refractivity contribution in [1.29, 1.82) is 0 Å². The second-order valence-electron chi connectivity index (χ2n) is 5.68. The minimum Gasteiger partial charge on any atom is -0.421 e. The zero-order chi connectivity index (χ0) is 17.4. The lowest BCUT2D eigenvalue weighted by atomic mass is 10.2. The molecule has 3 aromatic heterocycles. The number of nitrogens with zero attached hydrogens (tertiary/aromatic N) is 3. The van der Waals surface area contributed by atoms with Gasteiger partial charge in [0.2, 0.25) is 0 Å². The highest BCUT2D eigenvalue weighted by atomic mass is 19.1. The summed E-state index contributed by atoms with van der Waals surface area (Å²) in [5.74, 6) is 0.735. The fourth-order valence-corrected chi connectivity index (χ4v) is 2.54. The molecular weight excluding hydrogens is 323 g/mol. The van der Waals surface area contributed by atoms with Crippen molar-refractivity contribution in [3.63, 3.8) is 0 Å². The molecule has 4 aromatic rings. The molecule has 8 heteroatoms. The van der Waals surface area contributed by atoms with E-state index < -0.39 is 5.82 Å². The van der Waals surface area contributed by atoms with Crippen LogP contribution in [0.1, 0.15) is 11.4 Å². The summed E-state index contributed by atoms with van der Waals surface area (Å²) in [5.41, 5.74) is 2.51. The number of nitrogens with one attached hydrogen (secondary N) is 3. The van der Waals surface area contributed by atoms with E-state index in [0.29, 0.717) is 22.5 Å². The lowest BCUT2D eigenvalue weighted by Gasteiger charge is -2.07. The van der Waals surface area contributed by atoms with Gasteiger partial charge in [0.05, 0.1) is 0 Å². The lowest BCUT2D eigenvalue weighted by Crippen LogP contribution is -1.98. The maximum absolute atomic E-state index is 14.6. The van der Waals surface area contributed by atoms with Crippen LogP contribution in [0.5, 0.6) is 11.8 Å². The van der Waals surface area contributed by atoms with Crippen LogP contribution in [-0.4, -0.2) is 25.1 Å². The number of halogens is 1. The van der Waals surface area contributed by atoms with Gasteiger partial charge in [-0.3, -0.25) is 5.10 Å². The molecule has 25 heavy (non-hydrogen) atoms. The normalized spacial score (nSPS) is 11.0. The number of ether oxygens (including phenoxy) is 1. The molecule has 0 atom stereocenters. The maximum atomic E-state index is 14.6. The molecule has 1 aromatic carbocycles. The third-order valence-electron chi connectivity index (χ3n) is 3.63. The number of anilines is 2. The average molecular weight is 338 g/mol. The monoisotopic (exact) mass is 338 g/mol. The standard InChI is InChI=1S/C17H15FN6O/c1-9-7-11-12(20-9)3-4-13(16(11)18)25-17-19-6-5-14(22-17)21-15-8-10(2)23-24-15/h3-8,20H,1-2H3,(H2,19,21,22,23,24). The van der Waals surface area contributed by atoms with Gasteiger partial charge in [-0.2, -0.15) is 10.1 Å². The first-order valence-corrected chi connectivity index (χ1v) is 7.66. The van der Waals surface area contributed by atoms with Crippen LogP contribution in [-0.2, 0) is 0 Å². The Labute approximate surface area is 142 Å². The highest BCUT2D eigenvalue weighted by Gasteiger charge is 2.13. The number of aromatic nitrogens is 5. The van der Waals surface area contributed by atoms with Crippen LogP contribution in [0.15, 0.2) is 36.5 Å². The number of aryl methyl sites for hydroxylation is 2. The fraction of sp³-hybridized carbons (Fsp3) is 0.118. The first kappa shape index (κ1) is 15.1. The summed E-state index contributed by atoms with van der Waals surface area (Å²) in [5, 5.41) is 10.4. The summed E-state index contributed by atoms with van der Waals surface area (Å²) in [6.07, 6.45) is 1.53. The predicted octanol–water partition coefficient (Wildman–Crippen LogP) is 3.97. The van der Waals surface area contributed by atoms with Gasteiger partial charge in [0, 0.05) is 34.6 Å². The van der Waals surface area contributed by atoms with Crippen molar-refractivity contribution >= 4 is 22.5 Å². The summed E-state index contributed by atoms with van der Waals surface area (Å²) in [6, 6.07) is 8.60. The van der Waals surface area contributed by atoms with E-state index in [1.807, 2.05) is 19.9 Å². The molecule has 0 spiro atoms. The predicted molar refractivity (Wildman–Crippen MR) is 91.7 cm³/mol. The van der Waals surface area contributed by atoms with Gasteiger partial charge in [0.25, 0.3) is 0 Å². The first-order chi connectivity index (χ1) is 12.1. The van der Waals surface area contributed by atoms with Crippen molar-refractivity contribution in [1.82, 2.24) is 25.1 Å². The van der Waals surface area contributed by atoms with Gasteiger partial charge in [0.15, 0.2) is 17.4 Å². The number of rotatable bonds is 4. The first-order valence-electron chi connectivity index (χ1n) is 7.66. The van der Waals surface area contributed by atoms with Crippen LogP contribution in [0.2, 0.25) is 0 Å². The molecule has 0 saturated heterocycles. The molecule has 0 amide bonds. The van der Waals surface area contributed by atoms with Crippen LogP contribution in [0.3, 0.4) is 0 Å². The number of hydrogen-bond acceptors (Lipinski definition) is 5. The molecule has 0 bridgehead atoms. The largest absolute Gasteiger partial charge is 0.421 e. The third kappa shape index (κ3) is 3.01. The molecule has 0 aliphatic carbocycles. The van der Waals surface area contributed by atoms with Gasteiger partial charge in [-0.05, 0) is 38.1 Å². The van der Waals surface area contributed by atoms with Gasteiger partial charge in [-0.1, -0.05) is 0 Å². The Kier molecular flexibility index (Phi) is 3.57. The van der Waals surface area contributed by atoms with E-state index in [2.05, 4.69) is 30.5 Å². The van der Waals surface area contributed by atoms with Gasteiger partial charge in [-0.25, -0.2) is 9.37 Å². The van der Waals surface area contributed by atoms with Crippen molar-refractivity contribution in [2.24, 2.45) is 0 Å². The van der Waals surface area contributed by atoms with Crippen LogP contribution in [0.4, 0.5) is 16.0 Å². The van der Waals surface area contributed by atoms with Crippen molar-refractivity contribution in [2.45, 2.75) is 13.8 Å². The summed E-state index contributed by atoms with van der Waals surface area (Å²) < 4.78 is 20.1. The molecule has 0 saturated carbocycles. The number of benzene rings is 1. The fourth-order valence-electron chi connectivity index (χ4n) is 2.54. The Morgan fingerprint density at radius 1 is 1.08 bits per heavy atom. The molecule has 126 valence electrons. The third-order valence-corrected chi connectivity index (χ3v) is 3.63. The minimum absolute atomic E-state index is 0.0442. The van der Waals surface area contributed by atoms with Gasteiger partial charge in [0.1, 0.15) is 5.82 Å². The van der Waals surface area contributed by atoms with E-state index in [-0.39, 0.29) is 11.8 Å². The summed E-state index contributed by atoms with van der Waals surface area (Å²) in [7, 11) is 0. The molecule has 3 heterocycles. The number of fused-ring (bicyclic) bond motifs is 1. The summed E-state index contributed by atoms with van der Waals surface area (Å²) >= 11 is 0. The topological polar surface area (TPSA) is 91.5 Å². The SMILES string of the molecule is Cc1cc(Nc2ccnc(Oc3ccc4[nH]c(C)cc4c3F)n2)n[nH]1. The lowest BCUT2D eigenvalue weighted by molar-refractivity contribution is 0.414. The molecule has 0 radical (unpaired) electrons. The zero-order valence-corrected chi connectivity index (χ0v) is 13.6. The Hall–Kier alpha value is -3.42. The van der Waals surface area contributed by atoms with E-state index in [4.69, 9.17) is 4.74 Å². The Bertz CT molecular complexity index is 1050. The van der Waals surface area contributed by atoms with Gasteiger partial charge >= 0.3 is 6.01 Å². The maximum Gasteiger partial charge on any atom is 0.323 e. The quantitative estimate of drug-likeness (QED) is 0.524. The molecule has 0 aliphatic rings. The number of H-pyrrole nitrogens is 2. The molecule has 0 unspecified atom stereocenters. The average Bonchev–Trinajstić information content (AvgIpc) is 3.16. The molecular formula is C17H15FN6O. The summed E-state index contributed by atoms with van der Waals surface area (Å²) in [6.45, 7) is 3.77. The Morgan fingerprint density at radius 2 is 1.96 bits per heavy atom. The second kappa shape index (κ2) is 5.90. The molecule has 0 fully saturated rings. The minimum atomic E-state index is -0.452. The van der Waals surface area contributed by atoms with E-state index >= 15 is 0 Å². The van der Waals surface area contributed by atoms with Gasteiger partial charge in [-0.15, -0.1) is 0 Å². The van der Waals surface area contributed by atoms with Crippen molar-refractivity contribution in [3.05, 3.63) is 53.7 Å². The van der Waals surface area contributed by atoms with Crippen molar-refractivity contribution < 1.29 is 9.13 Å². The van der Waals surface area contributed by atoms with Crippen molar-refractivity contribution in [2.75, 3.05) is 5.32 Å². The van der Waals surface area contributed by atoms with E-state index in [1.54, 1.807) is 24.3 Å². The van der Waals surface area contributed by atoms with Crippen LogP contribution >= 0.6 is 0 Å². The number of hydrogen-bond donors (Lipinski definition) is 3. The Morgan fingerprint density at radius 3 is 2.76 bits per heavy atom. The molecule has 0 aliphatic heterocycles. The highest BCUT2D eigenvalue weighted by molar-refractivity contribution is 5.82. The number of aromatic amines is 2. The van der Waals surface area contributed by atoms with Crippen LogP contribution in [0, 0.1) is 19.7 Å². The van der Waals surface area contributed by atoms with E-state index in [0.717, 1.165) is 11.4 Å². The summed E-state index contributed by atoms with van der Waals surface area (Å²) in [4.78, 5) is 11.3. The van der Waals surface area contributed by atoms with Crippen molar-refractivity contribution in [3.8, 4) is 11.8 Å². The van der Waals surface area contributed by atoms with Crippen LogP contribution in [0.25, 0.3) is 10.9 Å². The second-order valence-corrected chi connectivity index (χ2v) is 5.68. The Balaban J connectivity index is 1.60. The van der Waals surface area contributed by atoms with E-state index in [9.17, 15) is 4.39 Å². The zero-order valence-electron chi connectivity index (χ0n) is 13.6. The molecule has 4 rings (SSSR count). The van der Waals surface area contributed by atoms with Crippen LogP contribution < -0.4 is 10.1 Å².